The van der Waals surface area contributed by atoms with Crippen LogP contribution < -0.4 is 10.1 Å². The van der Waals surface area contributed by atoms with Gasteiger partial charge in [-0.05, 0) is 24.3 Å². The molecule has 0 saturated carbocycles. The molecule has 0 unspecified atom stereocenters. The minimum absolute atomic E-state index is 0.112. The number of ether oxygens (including phenoxy) is 1. The summed E-state index contributed by atoms with van der Waals surface area (Å²) in [5, 5.41) is 2.80. The zero-order chi connectivity index (χ0) is 16.6. The van der Waals surface area contributed by atoms with Crippen LogP contribution >= 0.6 is 0 Å². The fourth-order valence-electron chi connectivity index (χ4n) is 2.20. The third-order valence-electron chi connectivity index (χ3n) is 3.35. The summed E-state index contributed by atoms with van der Waals surface area (Å²) in [6, 6.07) is 19.1. The van der Waals surface area contributed by atoms with Crippen molar-refractivity contribution in [2.24, 2.45) is 0 Å². The molecule has 5 nitrogen and oxygen atoms in total. The minimum atomic E-state index is -0.112. The Morgan fingerprint density at radius 1 is 1.04 bits per heavy atom. The number of nitrogens with one attached hydrogen (secondary N) is 1. The Morgan fingerprint density at radius 3 is 2.50 bits per heavy atom. The summed E-state index contributed by atoms with van der Waals surface area (Å²) < 4.78 is 10.9. The van der Waals surface area contributed by atoms with Crippen molar-refractivity contribution in [3.63, 3.8) is 0 Å². The first-order valence-electron chi connectivity index (χ1n) is 7.75. The number of oxazole rings is 1. The first kappa shape index (κ1) is 15.8. The highest BCUT2D eigenvalue weighted by Crippen LogP contribution is 2.18. The van der Waals surface area contributed by atoms with E-state index in [0.29, 0.717) is 24.7 Å². The molecule has 2 aromatic carbocycles. The van der Waals surface area contributed by atoms with E-state index in [1.54, 1.807) is 0 Å². The van der Waals surface area contributed by atoms with Gasteiger partial charge in [0.05, 0.1) is 18.7 Å². The summed E-state index contributed by atoms with van der Waals surface area (Å²) >= 11 is 0. The Labute approximate surface area is 140 Å². The zero-order valence-corrected chi connectivity index (χ0v) is 13.1. The summed E-state index contributed by atoms with van der Waals surface area (Å²) in [5.41, 5.74) is 1.50. The summed E-state index contributed by atoms with van der Waals surface area (Å²) in [6.07, 6.45) is 1.70. The third kappa shape index (κ3) is 4.46. The Balaban J connectivity index is 1.43. The highest BCUT2D eigenvalue weighted by molar-refractivity contribution is 5.78. The van der Waals surface area contributed by atoms with Crippen LogP contribution in [0.2, 0.25) is 0 Å². The van der Waals surface area contributed by atoms with Gasteiger partial charge in [0.2, 0.25) is 11.8 Å². The molecule has 0 saturated heterocycles. The van der Waals surface area contributed by atoms with Crippen LogP contribution in [0.4, 0.5) is 0 Å². The van der Waals surface area contributed by atoms with Crippen LogP contribution in [0.5, 0.6) is 5.75 Å². The fraction of sp³-hybridized carbons (Fsp3) is 0.158. The molecule has 1 amide bonds. The fourth-order valence-corrected chi connectivity index (χ4v) is 2.20. The van der Waals surface area contributed by atoms with Crippen molar-refractivity contribution in [3.05, 3.63) is 72.6 Å². The number of para-hydroxylation sites is 1. The summed E-state index contributed by atoms with van der Waals surface area (Å²) in [6.45, 7) is 0.862. The highest BCUT2D eigenvalue weighted by Gasteiger charge is 2.10. The molecule has 1 N–H and O–H groups in total. The van der Waals surface area contributed by atoms with Crippen molar-refractivity contribution >= 4 is 5.91 Å². The lowest BCUT2D eigenvalue weighted by molar-refractivity contribution is -0.120. The van der Waals surface area contributed by atoms with Crippen molar-refractivity contribution in [2.45, 2.75) is 6.42 Å². The molecule has 1 aromatic heterocycles. The number of rotatable bonds is 7. The molecule has 0 bridgehead atoms. The number of hydrogen-bond acceptors (Lipinski definition) is 4. The Bertz CT molecular complexity index is 770. The first-order chi connectivity index (χ1) is 11.8. The highest BCUT2D eigenvalue weighted by atomic mass is 16.5. The van der Waals surface area contributed by atoms with Gasteiger partial charge in [-0.3, -0.25) is 4.79 Å². The molecular weight excluding hydrogens is 304 g/mol. The average molecular weight is 322 g/mol. The second kappa shape index (κ2) is 7.97. The molecule has 0 fully saturated rings. The molecule has 0 aliphatic carbocycles. The molecule has 0 radical (unpaired) electrons. The molecule has 3 aromatic rings. The Kier molecular flexibility index (Phi) is 5.24. The molecule has 1 heterocycles. The lowest BCUT2D eigenvalue weighted by Crippen LogP contribution is -2.29. The predicted molar refractivity (Wildman–Crippen MR) is 90.6 cm³/mol. The van der Waals surface area contributed by atoms with E-state index in [4.69, 9.17) is 9.15 Å². The second-order valence-corrected chi connectivity index (χ2v) is 5.20. The van der Waals surface area contributed by atoms with Gasteiger partial charge in [0, 0.05) is 5.56 Å². The number of amides is 1. The van der Waals surface area contributed by atoms with Crippen LogP contribution in [0.3, 0.4) is 0 Å². The molecule has 3 rings (SSSR count). The van der Waals surface area contributed by atoms with Crippen molar-refractivity contribution in [3.8, 4) is 17.2 Å². The minimum Gasteiger partial charge on any atom is -0.492 e. The number of benzene rings is 2. The molecule has 0 spiro atoms. The van der Waals surface area contributed by atoms with Crippen molar-refractivity contribution in [1.82, 2.24) is 10.3 Å². The zero-order valence-electron chi connectivity index (χ0n) is 13.1. The Hall–Kier alpha value is -3.08. The van der Waals surface area contributed by atoms with Gasteiger partial charge in [0.1, 0.15) is 18.6 Å². The quantitative estimate of drug-likeness (QED) is 0.679. The molecule has 24 heavy (non-hydrogen) atoms. The number of carbonyl (C=O) groups excluding carboxylic acids is 1. The third-order valence-corrected chi connectivity index (χ3v) is 3.35. The molecule has 122 valence electrons. The van der Waals surface area contributed by atoms with E-state index in [0.717, 1.165) is 11.3 Å². The van der Waals surface area contributed by atoms with Crippen LogP contribution in [-0.4, -0.2) is 24.0 Å². The van der Waals surface area contributed by atoms with E-state index in [1.807, 2.05) is 60.7 Å². The van der Waals surface area contributed by atoms with E-state index >= 15 is 0 Å². The maximum absolute atomic E-state index is 11.9. The van der Waals surface area contributed by atoms with E-state index in [2.05, 4.69) is 10.3 Å². The van der Waals surface area contributed by atoms with Gasteiger partial charge >= 0.3 is 0 Å². The van der Waals surface area contributed by atoms with Gasteiger partial charge in [-0.15, -0.1) is 0 Å². The first-order valence-corrected chi connectivity index (χ1v) is 7.75. The maximum atomic E-state index is 11.9. The number of hydrogen-bond donors (Lipinski definition) is 1. The molecule has 5 heteroatoms. The summed E-state index contributed by atoms with van der Waals surface area (Å²) in [4.78, 5) is 16.3. The van der Waals surface area contributed by atoms with Gasteiger partial charge < -0.3 is 14.5 Å². The monoisotopic (exact) mass is 322 g/mol. The van der Waals surface area contributed by atoms with E-state index in [-0.39, 0.29) is 12.3 Å². The normalized spacial score (nSPS) is 10.3. The maximum Gasteiger partial charge on any atom is 0.226 e. The van der Waals surface area contributed by atoms with Crippen molar-refractivity contribution in [1.29, 1.82) is 0 Å². The number of aromatic nitrogens is 1. The largest absolute Gasteiger partial charge is 0.492 e. The van der Waals surface area contributed by atoms with Crippen LogP contribution in [-0.2, 0) is 11.2 Å². The van der Waals surface area contributed by atoms with Crippen LogP contribution in [0.15, 0.2) is 71.3 Å². The Morgan fingerprint density at radius 2 is 1.75 bits per heavy atom. The number of carbonyl (C=O) groups is 1. The average Bonchev–Trinajstić information content (AvgIpc) is 3.09. The van der Waals surface area contributed by atoms with Gasteiger partial charge in [-0.25, -0.2) is 4.98 Å². The van der Waals surface area contributed by atoms with Gasteiger partial charge in [-0.2, -0.15) is 0 Å². The van der Waals surface area contributed by atoms with Crippen molar-refractivity contribution < 1.29 is 13.9 Å². The van der Waals surface area contributed by atoms with Gasteiger partial charge in [0.15, 0.2) is 0 Å². The summed E-state index contributed by atoms with van der Waals surface area (Å²) in [5.74, 6) is 1.20. The SMILES string of the molecule is O=C(Cc1coc(-c2ccccc2)n1)NCCOc1ccccc1. The smallest absolute Gasteiger partial charge is 0.226 e. The molecular formula is C19H18N2O3. The topological polar surface area (TPSA) is 64.4 Å². The predicted octanol–water partition coefficient (Wildman–Crippen LogP) is 3.08. The van der Waals surface area contributed by atoms with E-state index < -0.39 is 0 Å². The molecule has 0 atom stereocenters. The summed E-state index contributed by atoms with van der Waals surface area (Å²) in [7, 11) is 0. The lowest BCUT2D eigenvalue weighted by atomic mass is 10.2. The van der Waals surface area contributed by atoms with E-state index in [1.165, 1.54) is 6.26 Å². The van der Waals surface area contributed by atoms with E-state index in [9.17, 15) is 4.79 Å². The van der Waals surface area contributed by atoms with Gasteiger partial charge in [0.25, 0.3) is 0 Å². The van der Waals surface area contributed by atoms with Crippen LogP contribution in [0.1, 0.15) is 5.69 Å². The molecule has 0 aliphatic rings. The van der Waals surface area contributed by atoms with Gasteiger partial charge in [-0.1, -0.05) is 36.4 Å². The van der Waals surface area contributed by atoms with Crippen LogP contribution in [0, 0.1) is 0 Å². The molecule has 0 aliphatic heterocycles. The standard InChI is InChI=1S/C19H18N2O3/c22-18(20-11-12-23-17-9-5-2-6-10-17)13-16-14-24-19(21-16)15-7-3-1-4-8-15/h1-10,14H,11-13H2,(H,20,22). The lowest BCUT2D eigenvalue weighted by Gasteiger charge is -2.06. The van der Waals surface area contributed by atoms with Crippen molar-refractivity contribution in [2.75, 3.05) is 13.2 Å². The van der Waals surface area contributed by atoms with Crippen LogP contribution in [0.25, 0.3) is 11.5 Å². The second-order valence-electron chi connectivity index (χ2n) is 5.20. The number of nitrogens with zero attached hydrogens (tertiary/aromatic N) is 1.